The van der Waals surface area contributed by atoms with Crippen LogP contribution in [0.5, 0.6) is 0 Å². The fourth-order valence-corrected chi connectivity index (χ4v) is 2.88. The number of benzene rings is 2. The van der Waals surface area contributed by atoms with Gasteiger partial charge in [-0.1, -0.05) is 53.9 Å². The predicted octanol–water partition coefficient (Wildman–Crippen LogP) is 5.68. The van der Waals surface area contributed by atoms with Gasteiger partial charge < -0.3 is 5.32 Å². The van der Waals surface area contributed by atoms with Crippen LogP contribution in [0.15, 0.2) is 36.4 Å². The fourth-order valence-electron chi connectivity index (χ4n) is 2.25. The van der Waals surface area contributed by atoms with E-state index in [2.05, 4.69) is 5.32 Å². The summed E-state index contributed by atoms with van der Waals surface area (Å²) < 4.78 is 13.6. The van der Waals surface area contributed by atoms with Gasteiger partial charge in [0.1, 0.15) is 5.82 Å². The molecule has 0 aliphatic heterocycles. The number of hydrogen-bond acceptors (Lipinski definition) is 1. The molecule has 0 aliphatic carbocycles. The standard InChI is InChI=1S/C16H15Cl3FN/c1-2-21-15(12-9-11(17)6-7-13(12)18)8-10-4-3-5-14(20)16(10)19/h3-7,9,15,21H,2,8H2,1H3. The van der Waals surface area contributed by atoms with Crippen molar-refractivity contribution < 1.29 is 4.39 Å². The van der Waals surface area contributed by atoms with E-state index in [4.69, 9.17) is 34.8 Å². The highest BCUT2D eigenvalue weighted by atomic mass is 35.5. The van der Waals surface area contributed by atoms with E-state index in [1.807, 2.05) is 19.1 Å². The molecule has 0 spiro atoms. The summed E-state index contributed by atoms with van der Waals surface area (Å²) in [4.78, 5) is 0. The van der Waals surface area contributed by atoms with Crippen LogP contribution in [0, 0.1) is 5.82 Å². The van der Waals surface area contributed by atoms with Gasteiger partial charge in [-0.05, 0) is 48.4 Å². The van der Waals surface area contributed by atoms with Gasteiger partial charge in [-0.15, -0.1) is 0 Å². The molecule has 2 aromatic rings. The van der Waals surface area contributed by atoms with Gasteiger partial charge in [-0.3, -0.25) is 0 Å². The first kappa shape index (κ1) is 16.6. The van der Waals surface area contributed by atoms with Crippen molar-refractivity contribution in [2.24, 2.45) is 0 Å². The monoisotopic (exact) mass is 345 g/mol. The van der Waals surface area contributed by atoms with Gasteiger partial charge in [0.2, 0.25) is 0 Å². The largest absolute Gasteiger partial charge is 0.310 e. The van der Waals surface area contributed by atoms with E-state index in [9.17, 15) is 4.39 Å². The average Bonchev–Trinajstić information content (AvgIpc) is 2.46. The third kappa shape index (κ3) is 4.10. The number of hydrogen-bond donors (Lipinski definition) is 1. The molecule has 1 nitrogen and oxygen atoms in total. The molecule has 21 heavy (non-hydrogen) atoms. The van der Waals surface area contributed by atoms with Crippen molar-refractivity contribution in [1.82, 2.24) is 5.32 Å². The normalized spacial score (nSPS) is 12.4. The lowest BCUT2D eigenvalue weighted by Gasteiger charge is -2.20. The third-order valence-corrected chi connectivity index (χ3v) is 4.24. The number of likely N-dealkylation sites (N-methyl/N-ethyl adjacent to an activating group) is 1. The van der Waals surface area contributed by atoms with Crippen molar-refractivity contribution in [2.45, 2.75) is 19.4 Å². The van der Waals surface area contributed by atoms with Crippen LogP contribution in [0.1, 0.15) is 24.1 Å². The Bertz CT molecular complexity index is 631. The zero-order chi connectivity index (χ0) is 15.4. The molecule has 1 unspecified atom stereocenters. The Morgan fingerprint density at radius 3 is 2.62 bits per heavy atom. The lowest BCUT2D eigenvalue weighted by atomic mass is 9.98. The Morgan fingerprint density at radius 1 is 1.14 bits per heavy atom. The van der Waals surface area contributed by atoms with Crippen molar-refractivity contribution in [3.8, 4) is 0 Å². The predicted molar refractivity (Wildman–Crippen MR) is 88.0 cm³/mol. The van der Waals surface area contributed by atoms with E-state index in [1.165, 1.54) is 6.07 Å². The van der Waals surface area contributed by atoms with Crippen molar-refractivity contribution in [3.63, 3.8) is 0 Å². The van der Waals surface area contributed by atoms with E-state index >= 15 is 0 Å². The molecule has 112 valence electrons. The molecule has 0 amide bonds. The van der Waals surface area contributed by atoms with Gasteiger partial charge in [0.15, 0.2) is 0 Å². The third-order valence-electron chi connectivity index (χ3n) is 3.24. The summed E-state index contributed by atoms with van der Waals surface area (Å²) in [5.74, 6) is -0.415. The molecule has 0 heterocycles. The molecule has 0 saturated carbocycles. The van der Waals surface area contributed by atoms with Crippen LogP contribution in [0.3, 0.4) is 0 Å². The van der Waals surface area contributed by atoms with Crippen LogP contribution >= 0.6 is 34.8 Å². The Morgan fingerprint density at radius 2 is 1.90 bits per heavy atom. The summed E-state index contributed by atoms with van der Waals surface area (Å²) in [5, 5.41) is 4.73. The molecule has 1 N–H and O–H groups in total. The second-order valence-corrected chi connectivity index (χ2v) is 5.91. The van der Waals surface area contributed by atoms with E-state index in [-0.39, 0.29) is 11.1 Å². The minimum Gasteiger partial charge on any atom is -0.310 e. The second kappa shape index (κ2) is 7.46. The molecule has 1 atom stereocenters. The highest BCUT2D eigenvalue weighted by molar-refractivity contribution is 6.33. The minimum absolute atomic E-state index is 0.0829. The minimum atomic E-state index is -0.415. The number of rotatable bonds is 5. The number of nitrogens with one attached hydrogen (secondary N) is 1. The maximum absolute atomic E-state index is 13.6. The summed E-state index contributed by atoms with van der Waals surface area (Å²) in [6, 6.07) is 10.1. The lowest BCUT2D eigenvalue weighted by Crippen LogP contribution is -2.23. The first-order valence-electron chi connectivity index (χ1n) is 6.64. The first-order chi connectivity index (χ1) is 10.0. The Kier molecular flexibility index (Phi) is 5.88. The molecule has 0 radical (unpaired) electrons. The van der Waals surface area contributed by atoms with Gasteiger partial charge in [0, 0.05) is 16.1 Å². The summed E-state index contributed by atoms with van der Waals surface area (Å²) in [7, 11) is 0. The molecular weight excluding hydrogens is 332 g/mol. The van der Waals surface area contributed by atoms with E-state index < -0.39 is 5.82 Å². The molecule has 0 fully saturated rings. The Labute approximate surface area is 139 Å². The van der Waals surface area contributed by atoms with Gasteiger partial charge in [0.05, 0.1) is 5.02 Å². The SMILES string of the molecule is CCNC(Cc1cccc(F)c1Cl)c1cc(Cl)ccc1Cl. The molecule has 5 heteroatoms. The second-order valence-electron chi connectivity index (χ2n) is 4.69. The van der Waals surface area contributed by atoms with Crippen molar-refractivity contribution in [3.05, 3.63) is 68.4 Å². The van der Waals surface area contributed by atoms with Gasteiger partial charge in [-0.2, -0.15) is 0 Å². The smallest absolute Gasteiger partial charge is 0.142 e. The summed E-state index contributed by atoms with van der Waals surface area (Å²) in [6.45, 7) is 2.75. The molecule has 2 rings (SSSR count). The van der Waals surface area contributed by atoms with Crippen LogP contribution in [-0.4, -0.2) is 6.54 Å². The van der Waals surface area contributed by atoms with Crippen LogP contribution in [-0.2, 0) is 6.42 Å². The molecule has 2 aromatic carbocycles. The maximum atomic E-state index is 13.6. The topological polar surface area (TPSA) is 12.0 Å². The van der Waals surface area contributed by atoms with Crippen molar-refractivity contribution in [1.29, 1.82) is 0 Å². The summed E-state index contributed by atoms with van der Waals surface area (Å²) in [6.07, 6.45) is 0.532. The van der Waals surface area contributed by atoms with Crippen LogP contribution in [0.25, 0.3) is 0 Å². The van der Waals surface area contributed by atoms with Crippen molar-refractivity contribution >= 4 is 34.8 Å². The lowest BCUT2D eigenvalue weighted by molar-refractivity contribution is 0.547. The van der Waals surface area contributed by atoms with Crippen molar-refractivity contribution in [2.75, 3.05) is 6.54 Å². The molecular formula is C16H15Cl3FN. The number of halogens is 4. The van der Waals surface area contributed by atoms with Gasteiger partial charge >= 0.3 is 0 Å². The fraction of sp³-hybridized carbons (Fsp3) is 0.250. The van der Waals surface area contributed by atoms with E-state index in [1.54, 1.807) is 18.2 Å². The van der Waals surface area contributed by atoms with Gasteiger partial charge in [0.25, 0.3) is 0 Å². The summed E-state index contributed by atoms with van der Waals surface area (Å²) in [5.41, 5.74) is 1.62. The quantitative estimate of drug-likeness (QED) is 0.734. The summed E-state index contributed by atoms with van der Waals surface area (Å²) >= 11 is 18.3. The highest BCUT2D eigenvalue weighted by Gasteiger charge is 2.17. The molecule has 0 bridgehead atoms. The Hall–Kier alpha value is -0.800. The molecule has 0 aromatic heterocycles. The average molecular weight is 347 g/mol. The van der Waals surface area contributed by atoms with Gasteiger partial charge in [-0.25, -0.2) is 4.39 Å². The molecule has 0 saturated heterocycles. The zero-order valence-corrected chi connectivity index (χ0v) is 13.7. The maximum Gasteiger partial charge on any atom is 0.142 e. The van der Waals surface area contributed by atoms with E-state index in [0.717, 1.165) is 17.7 Å². The zero-order valence-electron chi connectivity index (χ0n) is 11.5. The van der Waals surface area contributed by atoms with Crippen LogP contribution in [0.2, 0.25) is 15.1 Å². The molecule has 0 aliphatic rings. The first-order valence-corrected chi connectivity index (χ1v) is 7.77. The Balaban J connectivity index is 2.35. The van der Waals surface area contributed by atoms with E-state index in [0.29, 0.717) is 16.5 Å². The van der Waals surface area contributed by atoms with Crippen LogP contribution < -0.4 is 5.32 Å². The van der Waals surface area contributed by atoms with Crippen LogP contribution in [0.4, 0.5) is 4.39 Å². The highest BCUT2D eigenvalue weighted by Crippen LogP contribution is 2.31.